The number of carbonyl (C=O) groups is 1. The molecule has 0 saturated carbocycles. The van der Waals surface area contributed by atoms with Gasteiger partial charge in [-0.1, -0.05) is 18.2 Å². The summed E-state index contributed by atoms with van der Waals surface area (Å²) in [5.41, 5.74) is 0.802. The quantitative estimate of drug-likeness (QED) is 0.748. The number of rotatable bonds is 7. The fourth-order valence-corrected chi connectivity index (χ4v) is 3.97. The first-order chi connectivity index (χ1) is 11.7. The van der Waals surface area contributed by atoms with Gasteiger partial charge in [-0.2, -0.15) is 0 Å². The average molecular weight is 409 g/mol. The molecule has 1 aliphatic rings. The summed E-state index contributed by atoms with van der Waals surface area (Å²) in [6.07, 6.45) is 2.43. The molecule has 1 fully saturated rings. The van der Waals surface area contributed by atoms with Gasteiger partial charge in [0.15, 0.2) is 0 Å². The van der Waals surface area contributed by atoms with E-state index in [9.17, 15) is 4.79 Å². The Morgan fingerprint density at radius 2 is 2.21 bits per heavy atom. The molecule has 1 saturated heterocycles. The van der Waals surface area contributed by atoms with Crippen LogP contribution in [0.4, 0.5) is 5.69 Å². The first-order valence-electron chi connectivity index (χ1n) is 8.11. The number of hydrogen-bond acceptors (Lipinski definition) is 4. The number of nitrogens with one attached hydrogen (secondary N) is 1. The van der Waals surface area contributed by atoms with Gasteiger partial charge in [-0.25, -0.2) is 0 Å². The highest BCUT2D eigenvalue weighted by Gasteiger charge is 2.21. The smallest absolute Gasteiger partial charge is 0.238 e. The molecular formula is C18H21BrN2O2S. The summed E-state index contributed by atoms with van der Waals surface area (Å²) in [6, 6.07) is 11.8. The van der Waals surface area contributed by atoms with Gasteiger partial charge in [-0.3, -0.25) is 9.69 Å². The van der Waals surface area contributed by atoms with E-state index in [1.807, 2.05) is 30.3 Å². The molecule has 0 unspecified atom stereocenters. The zero-order valence-corrected chi connectivity index (χ0v) is 15.8. The summed E-state index contributed by atoms with van der Waals surface area (Å²) in [4.78, 5) is 15.9. The van der Waals surface area contributed by atoms with Crippen molar-refractivity contribution in [3.63, 3.8) is 0 Å². The molecule has 1 aliphatic heterocycles. The summed E-state index contributed by atoms with van der Waals surface area (Å²) in [6.45, 7) is 2.77. The minimum Gasteiger partial charge on any atom is -0.377 e. The minimum absolute atomic E-state index is 0.00328. The SMILES string of the molecule is O=C(CN(Cc1cccs1)C[C@@H]1CCCO1)Nc1ccccc1Br. The molecule has 2 aromatic rings. The maximum Gasteiger partial charge on any atom is 0.238 e. The number of para-hydroxylation sites is 1. The molecule has 1 amide bonds. The lowest BCUT2D eigenvalue weighted by molar-refractivity contribution is -0.117. The Hall–Kier alpha value is -1.21. The van der Waals surface area contributed by atoms with Crippen molar-refractivity contribution >= 4 is 38.9 Å². The molecule has 2 heterocycles. The summed E-state index contributed by atoms with van der Waals surface area (Å²) in [7, 11) is 0. The molecule has 1 atom stereocenters. The van der Waals surface area contributed by atoms with Crippen LogP contribution in [-0.4, -0.2) is 36.6 Å². The zero-order valence-electron chi connectivity index (χ0n) is 13.4. The van der Waals surface area contributed by atoms with Gasteiger partial charge in [0.2, 0.25) is 5.91 Å². The van der Waals surface area contributed by atoms with Crippen LogP contribution in [-0.2, 0) is 16.1 Å². The second-order valence-corrected chi connectivity index (χ2v) is 7.80. The largest absolute Gasteiger partial charge is 0.377 e. The van der Waals surface area contributed by atoms with Crippen molar-refractivity contribution in [1.29, 1.82) is 0 Å². The van der Waals surface area contributed by atoms with Crippen LogP contribution in [0.1, 0.15) is 17.7 Å². The Kier molecular flexibility index (Phi) is 6.43. The van der Waals surface area contributed by atoms with Gasteiger partial charge >= 0.3 is 0 Å². The predicted octanol–water partition coefficient (Wildman–Crippen LogP) is 4.13. The Morgan fingerprint density at radius 1 is 1.33 bits per heavy atom. The molecule has 0 aliphatic carbocycles. The lowest BCUT2D eigenvalue weighted by atomic mass is 10.2. The fourth-order valence-electron chi connectivity index (χ4n) is 2.84. The third-order valence-electron chi connectivity index (χ3n) is 3.96. The molecular weight excluding hydrogens is 388 g/mol. The van der Waals surface area contributed by atoms with Crippen LogP contribution in [0.25, 0.3) is 0 Å². The van der Waals surface area contributed by atoms with Crippen LogP contribution < -0.4 is 5.32 Å². The summed E-state index contributed by atoms with van der Waals surface area (Å²) >= 11 is 5.18. The van der Waals surface area contributed by atoms with Crippen LogP contribution in [0.2, 0.25) is 0 Å². The molecule has 1 aromatic carbocycles. The fraction of sp³-hybridized carbons (Fsp3) is 0.389. The first kappa shape index (κ1) is 17.6. The lowest BCUT2D eigenvalue weighted by Crippen LogP contribution is -2.37. The van der Waals surface area contributed by atoms with E-state index in [1.165, 1.54) is 4.88 Å². The number of hydrogen-bond donors (Lipinski definition) is 1. The third kappa shape index (κ3) is 5.14. The van der Waals surface area contributed by atoms with Crippen molar-refractivity contribution in [3.8, 4) is 0 Å². The summed E-state index contributed by atoms with van der Waals surface area (Å²) < 4.78 is 6.64. The number of benzene rings is 1. The van der Waals surface area contributed by atoms with E-state index in [1.54, 1.807) is 11.3 Å². The number of thiophene rings is 1. The number of halogens is 1. The Balaban J connectivity index is 1.61. The Labute approximate surface area is 154 Å². The molecule has 0 bridgehead atoms. The van der Waals surface area contributed by atoms with E-state index >= 15 is 0 Å². The Bertz CT molecular complexity index is 657. The van der Waals surface area contributed by atoms with E-state index in [4.69, 9.17) is 4.74 Å². The van der Waals surface area contributed by atoms with Crippen molar-refractivity contribution in [2.75, 3.05) is 25.0 Å². The van der Waals surface area contributed by atoms with Crippen LogP contribution in [0.3, 0.4) is 0 Å². The normalized spacial score (nSPS) is 17.3. The standard InChI is InChI=1S/C18H21BrN2O2S/c19-16-7-1-2-8-17(16)20-18(22)13-21(11-14-5-3-9-23-14)12-15-6-4-10-24-15/h1-2,4,6-8,10,14H,3,5,9,11-13H2,(H,20,22)/t14-/m0/s1. The highest BCUT2D eigenvalue weighted by Crippen LogP contribution is 2.21. The van der Waals surface area contributed by atoms with Crippen molar-refractivity contribution in [3.05, 3.63) is 51.1 Å². The van der Waals surface area contributed by atoms with Crippen LogP contribution in [0.5, 0.6) is 0 Å². The number of carbonyl (C=O) groups excluding carboxylic acids is 1. The number of anilines is 1. The molecule has 0 spiro atoms. The van der Waals surface area contributed by atoms with E-state index in [-0.39, 0.29) is 12.0 Å². The maximum atomic E-state index is 12.5. The first-order valence-corrected chi connectivity index (χ1v) is 9.78. The Morgan fingerprint density at radius 3 is 2.92 bits per heavy atom. The van der Waals surface area contributed by atoms with Crippen molar-refractivity contribution in [2.24, 2.45) is 0 Å². The maximum absolute atomic E-state index is 12.5. The summed E-state index contributed by atoms with van der Waals surface area (Å²) in [5, 5.41) is 5.05. The highest BCUT2D eigenvalue weighted by atomic mass is 79.9. The monoisotopic (exact) mass is 408 g/mol. The molecule has 3 rings (SSSR count). The molecule has 6 heteroatoms. The molecule has 128 valence electrons. The van der Waals surface area contributed by atoms with Crippen LogP contribution in [0, 0.1) is 0 Å². The van der Waals surface area contributed by atoms with Crippen LogP contribution in [0.15, 0.2) is 46.3 Å². The zero-order chi connectivity index (χ0) is 16.8. The van der Waals surface area contributed by atoms with Crippen molar-refractivity contribution in [2.45, 2.75) is 25.5 Å². The average Bonchev–Trinajstić information content (AvgIpc) is 3.23. The molecule has 4 nitrogen and oxygen atoms in total. The van der Waals surface area contributed by atoms with Crippen LogP contribution >= 0.6 is 27.3 Å². The lowest BCUT2D eigenvalue weighted by Gasteiger charge is -2.24. The molecule has 1 aromatic heterocycles. The van der Waals surface area contributed by atoms with Gasteiger partial charge in [-0.05, 0) is 52.4 Å². The second-order valence-electron chi connectivity index (χ2n) is 5.91. The number of amides is 1. The number of nitrogens with zero attached hydrogens (tertiary/aromatic N) is 1. The van der Waals surface area contributed by atoms with Gasteiger partial charge in [0.1, 0.15) is 0 Å². The molecule has 1 N–H and O–H groups in total. The van der Waals surface area contributed by atoms with Gasteiger partial charge in [0, 0.05) is 29.0 Å². The van der Waals surface area contributed by atoms with Gasteiger partial charge in [-0.15, -0.1) is 11.3 Å². The molecule has 24 heavy (non-hydrogen) atoms. The van der Waals surface area contributed by atoms with Gasteiger partial charge in [0.05, 0.1) is 18.3 Å². The number of ether oxygens (including phenoxy) is 1. The summed E-state index contributed by atoms with van der Waals surface area (Å²) in [5.74, 6) is -0.00328. The van der Waals surface area contributed by atoms with E-state index < -0.39 is 0 Å². The van der Waals surface area contributed by atoms with Crippen molar-refractivity contribution in [1.82, 2.24) is 4.90 Å². The van der Waals surface area contributed by atoms with Gasteiger partial charge in [0.25, 0.3) is 0 Å². The minimum atomic E-state index is -0.00328. The highest BCUT2D eigenvalue weighted by molar-refractivity contribution is 9.10. The van der Waals surface area contributed by atoms with Crippen molar-refractivity contribution < 1.29 is 9.53 Å². The van der Waals surface area contributed by atoms with E-state index in [0.29, 0.717) is 6.54 Å². The second kappa shape index (κ2) is 8.76. The molecule has 0 radical (unpaired) electrons. The third-order valence-corrected chi connectivity index (χ3v) is 5.51. The van der Waals surface area contributed by atoms with Gasteiger partial charge < -0.3 is 10.1 Å². The predicted molar refractivity (Wildman–Crippen MR) is 101 cm³/mol. The van der Waals surface area contributed by atoms with E-state index in [2.05, 4.69) is 37.6 Å². The topological polar surface area (TPSA) is 41.6 Å². The van der Waals surface area contributed by atoms with E-state index in [0.717, 1.165) is 42.7 Å².